The molecule has 1 amide bonds. The van der Waals surface area contributed by atoms with Crippen LogP contribution in [0.2, 0.25) is 0 Å². The van der Waals surface area contributed by atoms with Crippen molar-refractivity contribution in [3.8, 4) is 23.0 Å². The van der Waals surface area contributed by atoms with Crippen molar-refractivity contribution < 1.29 is 18.7 Å². The van der Waals surface area contributed by atoms with Crippen LogP contribution in [0.15, 0.2) is 59.0 Å². The number of carbonyl (C=O) groups is 1. The minimum absolute atomic E-state index is 0.115. The first-order valence-corrected chi connectivity index (χ1v) is 8.05. The van der Waals surface area contributed by atoms with E-state index in [9.17, 15) is 4.79 Å². The minimum atomic E-state index is -0.213. The van der Waals surface area contributed by atoms with Gasteiger partial charge in [0.1, 0.15) is 0 Å². The molecule has 7 nitrogen and oxygen atoms in total. The number of ether oxygens (including phenoxy) is 2. The second-order valence-electron chi connectivity index (χ2n) is 5.56. The molecule has 134 valence electrons. The van der Waals surface area contributed by atoms with Gasteiger partial charge in [0.05, 0.1) is 13.7 Å². The fraction of sp³-hybridized carbons (Fsp3) is 0.211. The number of carbonyl (C=O) groups excluding carboxylic acids is 1. The van der Waals surface area contributed by atoms with Gasteiger partial charge in [0.25, 0.3) is 5.91 Å². The summed E-state index contributed by atoms with van der Waals surface area (Å²) in [5.74, 6) is 1.66. The summed E-state index contributed by atoms with van der Waals surface area (Å²) in [5.41, 5.74) is 0.833. The molecule has 2 aromatic carbocycles. The van der Waals surface area contributed by atoms with Gasteiger partial charge in [-0.2, -0.15) is 0 Å². The number of hydrogen-bond acceptors (Lipinski definition) is 6. The van der Waals surface area contributed by atoms with Crippen LogP contribution in [0.3, 0.4) is 0 Å². The zero-order valence-corrected chi connectivity index (χ0v) is 14.6. The second kappa shape index (κ2) is 8.15. The van der Waals surface area contributed by atoms with Crippen LogP contribution in [0.5, 0.6) is 11.5 Å². The fourth-order valence-electron chi connectivity index (χ4n) is 2.29. The lowest BCUT2D eigenvalue weighted by Crippen LogP contribution is -2.31. The Labute approximate surface area is 151 Å². The van der Waals surface area contributed by atoms with Crippen LogP contribution in [-0.2, 0) is 11.3 Å². The van der Waals surface area contributed by atoms with Gasteiger partial charge in [-0.3, -0.25) is 4.79 Å². The number of benzene rings is 2. The fourth-order valence-corrected chi connectivity index (χ4v) is 2.29. The molecule has 0 bridgehead atoms. The average molecular weight is 353 g/mol. The number of methoxy groups -OCH3 is 1. The van der Waals surface area contributed by atoms with Gasteiger partial charge in [-0.25, -0.2) is 0 Å². The molecular formula is C19H19N3O4. The van der Waals surface area contributed by atoms with Crippen LogP contribution in [0, 0.1) is 0 Å². The van der Waals surface area contributed by atoms with Crippen LogP contribution >= 0.6 is 0 Å². The van der Waals surface area contributed by atoms with Gasteiger partial charge in [0.2, 0.25) is 11.8 Å². The Hall–Kier alpha value is -3.35. The van der Waals surface area contributed by atoms with Crippen molar-refractivity contribution in [2.45, 2.75) is 6.54 Å². The molecule has 0 aliphatic carbocycles. The Balaban J connectivity index is 1.57. The van der Waals surface area contributed by atoms with Crippen LogP contribution in [0.25, 0.3) is 11.5 Å². The molecule has 3 rings (SSSR count). The summed E-state index contributed by atoms with van der Waals surface area (Å²) in [7, 11) is 3.20. The highest BCUT2D eigenvalue weighted by Crippen LogP contribution is 2.25. The van der Waals surface area contributed by atoms with Gasteiger partial charge in [-0.1, -0.05) is 30.3 Å². The van der Waals surface area contributed by atoms with Crippen LogP contribution in [0.4, 0.5) is 0 Å². The summed E-state index contributed by atoms with van der Waals surface area (Å²) in [6, 6.07) is 16.6. The van der Waals surface area contributed by atoms with E-state index in [1.54, 1.807) is 26.3 Å². The Morgan fingerprint density at radius 1 is 1.04 bits per heavy atom. The highest BCUT2D eigenvalue weighted by atomic mass is 16.5. The van der Waals surface area contributed by atoms with Crippen LogP contribution < -0.4 is 9.47 Å². The zero-order valence-electron chi connectivity index (χ0n) is 14.6. The van der Waals surface area contributed by atoms with E-state index < -0.39 is 0 Å². The topological polar surface area (TPSA) is 77.7 Å². The third-order valence-electron chi connectivity index (χ3n) is 3.71. The predicted octanol–water partition coefficient (Wildman–Crippen LogP) is 2.78. The van der Waals surface area contributed by atoms with E-state index in [2.05, 4.69) is 10.2 Å². The van der Waals surface area contributed by atoms with Gasteiger partial charge in [0, 0.05) is 12.6 Å². The Kier molecular flexibility index (Phi) is 5.48. The molecule has 0 atom stereocenters. The first-order chi connectivity index (χ1) is 12.7. The average Bonchev–Trinajstić information content (AvgIpc) is 3.15. The third kappa shape index (κ3) is 4.18. The molecule has 0 fully saturated rings. The molecule has 1 aromatic heterocycles. The molecule has 0 aliphatic heterocycles. The van der Waals surface area contributed by atoms with Crippen molar-refractivity contribution in [2.24, 2.45) is 0 Å². The summed E-state index contributed by atoms with van der Waals surface area (Å²) < 4.78 is 16.3. The summed E-state index contributed by atoms with van der Waals surface area (Å²) in [6.07, 6.45) is 0. The Morgan fingerprint density at radius 3 is 2.46 bits per heavy atom. The van der Waals surface area contributed by atoms with E-state index in [0.717, 1.165) is 5.56 Å². The molecule has 0 unspecified atom stereocenters. The van der Waals surface area contributed by atoms with Gasteiger partial charge < -0.3 is 18.8 Å². The molecule has 0 spiro atoms. The first-order valence-electron chi connectivity index (χ1n) is 8.05. The Bertz CT molecular complexity index is 864. The van der Waals surface area contributed by atoms with E-state index in [1.807, 2.05) is 42.5 Å². The van der Waals surface area contributed by atoms with E-state index in [1.165, 1.54) is 4.90 Å². The number of amides is 1. The maximum atomic E-state index is 12.3. The summed E-state index contributed by atoms with van der Waals surface area (Å²) in [4.78, 5) is 13.7. The lowest BCUT2D eigenvalue weighted by molar-refractivity contribution is -0.132. The monoisotopic (exact) mass is 353 g/mol. The Morgan fingerprint density at radius 2 is 1.73 bits per heavy atom. The number of aromatic nitrogens is 2. The molecule has 3 aromatic rings. The normalized spacial score (nSPS) is 10.4. The standard InChI is InChI=1S/C19H19N3O4/c1-22(18(23)13-25-16-11-7-6-10-15(16)24-2)12-17-20-21-19(26-17)14-8-4-3-5-9-14/h3-11H,12-13H2,1-2H3. The maximum Gasteiger partial charge on any atom is 0.260 e. The predicted molar refractivity (Wildman–Crippen MR) is 94.7 cm³/mol. The molecule has 0 saturated heterocycles. The second-order valence-corrected chi connectivity index (χ2v) is 5.56. The van der Waals surface area contributed by atoms with Crippen molar-refractivity contribution in [3.63, 3.8) is 0 Å². The smallest absolute Gasteiger partial charge is 0.260 e. The van der Waals surface area contributed by atoms with E-state index in [0.29, 0.717) is 23.3 Å². The largest absolute Gasteiger partial charge is 0.493 e. The van der Waals surface area contributed by atoms with E-state index >= 15 is 0 Å². The minimum Gasteiger partial charge on any atom is -0.493 e. The van der Waals surface area contributed by atoms with E-state index in [4.69, 9.17) is 13.9 Å². The van der Waals surface area contributed by atoms with Crippen molar-refractivity contribution in [2.75, 3.05) is 20.8 Å². The summed E-state index contributed by atoms with van der Waals surface area (Å²) >= 11 is 0. The van der Waals surface area contributed by atoms with Crippen molar-refractivity contribution in [1.29, 1.82) is 0 Å². The first kappa shape index (κ1) is 17.5. The van der Waals surface area contributed by atoms with Crippen molar-refractivity contribution in [3.05, 3.63) is 60.5 Å². The molecule has 26 heavy (non-hydrogen) atoms. The van der Waals surface area contributed by atoms with Crippen LogP contribution in [0.1, 0.15) is 5.89 Å². The lowest BCUT2D eigenvalue weighted by Gasteiger charge is -2.16. The summed E-state index contributed by atoms with van der Waals surface area (Å²) in [6.45, 7) is 0.0878. The zero-order chi connectivity index (χ0) is 18.4. The van der Waals surface area contributed by atoms with Crippen LogP contribution in [-0.4, -0.2) is 41.8 Å². The number of nitrogens with zero attached hydrogens (tertiary/aromatic N) is 3. The molecule has 1 heterocycles. The van der Waals surface area contributed by atoms with Gasteiger partial charge >= 0.3 is 0 Å². The van der Waals surface area contributed by atoms with Crippen molar-refractivity contribution >= 4 is 5.91 Å². The molecule has 0 N–H and O–H groups in total. The lowest BCUT2D eigenvalue weighted by atomic mass is 10.2. The summed E-state index contributed by atoms with van der Waals surface area (Å²) in [5, 5.41) is 8.00. The van der Waals surface area contributed by atoms with Gasteiger partial charge in [0.15, 0.2) is 18.1 Å². The highest BCUT2D eigenvalue weighted by molar-refractivity contribution is 5.77. The number of hydrogen-bond donors (Lipinski definition) is 0. The molecule has 0 saturated carbocycles. The quantitative estimate of drug-likeness (QED) is 0.650. The number of rotatable bonds is 7. The molecule has 0 radical (unpaired) electrons. The van der Waals surface area contributed by atoms with Gasteiger partial charge in [-0.05, 0) is 24.3 Å². The molecular weight excluding hydrogens is 334 g/mol. The number of likely N-dealkylation sites (N-methyl/N-ethyl adjacent to an activating group) is 1. The molecule has 0 aliphatic rings. The molecule has 7 heteroatoms. The maximum absolute atomic E-state index is 12.3. The highest BCUT2D eigenvalue weighted by Gasteiger charge is 2.15. The van der Waals surface area contributed by atoms with Crippen molar-refractivity contribution in [1.82, 2.24) is 15.1 Å². The van der Waals surface area contributed by atoms with E-state index in [-0.39, 0.29) is 19.1 Å². The number of para-hydroxylation sites is 2. The van der Waals surface area contributed by atoms with Gasteiger partial charge in [-0.15, -0.1) is 10.2 Å². The third-order valence-corrected chi connectivity index (χ3v) is 3.71. The SMILES string of the molecule is COc1ccccc1OCC(=O)N(C)Cc1nnc(-c2ccccc2)o1.